The van der Waals surface area contributed by atoms with Gasteiger partial charge in [-0.25, -0.2) is 18.2 Å². The van der Waals surface area contributed by atoms with Gasteiger partial charge in [0, 0.05) is 24.8 Å². The van der Waals surface area contributed by atoms with E-state index in [0.717, 1.165) is 0 Å². The lowest BCUT2D eigenvalue weighted by Crippen LogP contribution is -2.31. The number of esters is 1. The van der Waals surface area contributed by atoms with E-state index in [4.69, 9.17) is 27.9 Å². The molecule has 0 atom stereocenters. The van der Waals surface area contributed by atoms with Crippen LogP contribution in [0.2, 0.25) is 10.2 Å². The van der Waals surface area contributed by atoms with E-state index in [2.05, 4.69) is 4.98 Å². The number of halogens is 2. The molecule has 0 spiro atoms. The molecule has 0 amide bonds. The summed E-state index contributed by atoms with van der Waals surface area (Å²) in [6, 6.07) is 7.30. The van der Waals surface area contributed by atoms with Gasteiger partial charge in [0.1, 0.15) is 16.7 Å². The van der Waals surface area contributed by atoms with E-state index in [1.165, 1.54) is 28.7 Å². The zero-order valence-electron chi connectivity index (χ0n) is 14.3. The normalized spacial score (nSPS) is 11.6. The van der Waals surface area contributed by atoms with Gasteiger partial charge in [-0.15, -0.1) is 0 Å². The fourth-order valence-electron chi connectivity index (χ4n) is 2.25. The lowest BCUT2D eigenvalue weighted by molar-refractivity contribution is 0.0472. The van der Waals surface area contributed by atoms with Crippen molar-refractivity contribution in [1.29, 1.82) is 0 Å². The van der Waals surface area contributed by atoms with Gasteiger partial charge in [0.25, 0.3) is 0 Å². The van der Waals surface area contributed by atoms with Crippen LogP contribution in [0.4, 0.5) is 0 Å². The summed E-state index contributed by atoms with van der Waals surface area (Å²) in [7, 11) is -3.79. The number of rotatable bonds is 7. The zero-order chi connectivity index (χ0) is 19.3. The van der Waals surface area contributed by atoms with Crippen LogP contribution >= 0.6 is 23.2 Å². The van der Waals surface area contributed by atoms with Crippen LogP contribution in [-0.2, 0) is 21.4 Å². The minimum Gasteiger partial charge on any atom is -0.457 e. The number of carbonyl (C=O) groups is 1. The molecule has 2 rings (SSSR count). The molecule has 0 radical (unpaired) electrons. The lowest BCUT2D eigenvalue weighted by atomic mass is 10.2. The summed E-state index contributed by atoms with van der Waals surface area (Å²) in [5.74, 6) is -0.660. The molecule has 0 saturated carbocycles. The summed E-state index contributed by atoms with van der Waals surface area (Å²) in [6.07, 6.45) is 1.49. The van der Waals surface area contributed by atoms with E-state index >= 15 is 0 Å². The molecule has 0 aliphatic heterocycles. The van der Waals surface area contributed by atoms with Gasteiger partial charge in [-0.3, -0.25) is 0 Å². The van der Waals surface area contributed by atoms with Gasteiger partial charge < -0.3 is 4.74 Å². The van der Waals surface area contributed by atoms with E-state index < -0.39 is 16.0 Å². The molecule has 1 heterocycles. The Bertz CT molecular complexity index is 882. The Morgan fingerprint density at radius 3 is 2.42 bits per heavy atom. The highest BCUT2D eigenvalue weighted by molar-refractivity contribution is 7.89. The molecule has 6 nitrogen and oxygen atoms in total. The first-order valence-electron chi connectivity index (χ1n) is 7.86. The molecule has 2 aromatic rings. The monoisotopic (exact) mass is 416 g/mol. The van der Waals surface area contributed by atoms with Crippen molar-refractivity contribution in [2.24, 2.45) is 0 Å². The summed E-state index contributed by atoms with van der Waals surface area (Å²) >= 11 is 11.8. The molecule has 0 bridgehead atoms. The Morgan fingerprint density at radius 2 is 1.85 bits per heavy atom. The maximum Gasteiger partial charge on any atom is 0.338 e. The third kappa shape index (κ3) is 4.73. The molecule has 0 aliphatic rings. The minimum absolute atomic E-state index is 0.0102. The second-order valence-electron chi connectivity index (χ2n) is 5.30. The Hall–Kier alpha value is -1.67. The largest absolute Gasteiger partial charge is 0.457 e. The first-order valence-corrected chi connectivity index (χ1v) is 10.1. The van der Waals surface area contributed by atoms with Crippen molar-refractivity contribution in [1.82, 2.24) is 9.29 Å². The van der Waals surface area contributed by atoms with Crippen LogP contribution in [0.1, 0.15) is 29.8 Å². The number of pyridine rings is 1. The summed E-state index contributed by atoms with van der Waals surface area (Å²) in [5, 5.41) is 0.388. The van der Waals surface area contributed by atoms with Gasteiger partial charge in [-0.05, 0) is 24.3 Å². The molecular formula is C17H18Cl2N2O4S. The van der Waals surface area contributed by atoms with Gasteiger partial charge in [-0.2, -0.15) is 4.31 Å². The molecule has 0 aliphatic carbocycles. The van der Waals surface area contributed by atoms with Gasteiger partial charge >= 0.3 is 5.97 Å². The molecule has 1 aromatic carbocycles. The fraction of sp³-hybridized carbons (Fsp3) is 0.294. The highest BCUT2D eigenvalue weighted by Crippen LogP contribution is 2.26. The van der Waals surface area contributed by atoms with Crippen LogP contribution in [0.3, 0.4) is 0 Å². The van der Waals surface area contributed by atoms with Crippen LogP contribution in [0.25, 0.3) is 0 Å². The molecule has 0 saturated heterocycles. The molecule has 0 N–H and O–H groups in total. The van der Waals surface area contributed by atoms with Crippen LogP contribution in [0.15, 0.2) is 41.4 Å². The van der Waals surface area contributed by atoms with Crippen molar-refractivity contribution in [3.8, 4) is 0 Å². The Labute approximate surface area is 162 Å². The van der Waals surface area contributed by atoms with Crippen LogP contribution < -0.4 is 0 Å². The van der Waals surface area contributed by atoms with E-state index in [0.29, 0.717) is 23.8 Å². The van der Waals surface area contributed by atoms with Crippen LogP contribution in [0.5, 0.6) is 0 Å². The third-order valence-electron chi connectivity index (χ3n) is 3.65. The molecule has 9 heteroatoms. The predicted octanol–water partition coefficient (Wildman–Crippen LogP) is 3.78. The number of carbonyl (C=O) groups excluding carboxylic acids is 1. The zero-order valence-corrected chi connectivity index (χ0v) is 16.6. The van der Waals surface area contributed by atoms with Crippen molar-refractivity contribution in [2.75, 3.05) is 13.1 Å². The molecule has 0 unspecified atom stereocenters. The van der Waals surface area contributed by atoms with E-state index in [1.54, 1.807) is 26.0 Å². The molecule has 0 fully saturated rings. The number of aromatic nitrogens is 1. The summed E-state index contributed by atoms with van der Waals surface area (Å²) in [5.41, 5.74) is 0.759. The minimum atomic E-state index is -3.79. The van der Waals surface area contributed by atoms with Gasteiger partial charge in [0.05, 0.1) is 10.6 Å². The second-order valence-corrected chi connectivity index (χ2v) is 8.00. The van der Waals surface area contributed by atoms with Crippen molar-refractivity contribution >= 4 is 39.2 Å². The standard InChI is InChI=1S/C17H18Cl2N2O4S/c1-3-21(4-2)26(23,24)15-9-13(6-7-14(15)18)17(22)25-11-12-5-8-16(19)20-10-12/h5-10H,3-4,11H2,1-2H3. The highest BCUT2D eigenvalue weighted by atomic mass is 35.5. The van der Waals surface area contributed by atoms with Gasteiger partial charge in [0.15, 0.2) is 0 Å². The summed E-state index contributed by atoms with van der Waals surface area (Å²) in [4.78, 5) is 16.0. The Balaban J connectivity index is 2.22. The van der Waals surface area contributed by atoms with Crippen LogP contribution in [0, 0.1) is 0 Å². The number of nitrogens with zero attached hydrogens (tertiary/aromatic N) is 2. The maximum absolute atomic E-state index is 12.7. The average Bonchev–Trinajstić information content (AvgIpc) is 2.62. The molecule has 140 valence electrons. The maximum atomic E-state index is 12.7. The van der Waals surface area contributed by atoms with Crippen molar-refractivity contribution < 1.29 is 17.9 Å². The summed E-state index contributed by atoms with van der Waals surface area (Å²) < 4.78 is 31.8. The number of benzene rings is 1. The Kier molecular flexibility index (Phi) is 7.00. The smallest absolute Gasteiger partial charge is 0.338 e. The highest BCUT2D eigenvalue weighted by Gasteiger charge is 2.25. The topological polar surface area (TPSA) is 76.6 Å². The first kappa shape index (κ1) is 20.6. The Morgan fingerprint density at radius 1 is 1.15 bits per heavy atom. The van der Waals surface area contributed by atoms with E-state index in [9.17, 15) is 13.2 Å². The number of hydrogen-bond acceptors (Lipinski definition) is 5. The van der Waals surface area contributed by atoms with Gasteiger partial charge in [-0.1, -0.05) is 43.1 Å². The molecule has 1 aromatic heterocycles. The van der Waals surface area contributed by atoms with E-state index in [1.807, 2.05) is 0 Å². The van der Waals surface area contributed by atoms with Crippen molar-refractivity contribution in [3.63, 3.8) is 0 Å². The van der Waals surface area contributed by atoms with Crippen molar-refractivity contribution in [2.45, 2.75) is 25.3 Å². The SMILES string of the molecule is CCN(CC)S(=O)(=O)c1cc(C(=O)OCc2ccc(Cl)nc2)ccc1Cl. The van der Waals surface area contributed by atoms with Crippen LogP contribution in [-0.4, -0.2) is 36.8 Å². The third-order valence-corrected chi connectivity index (χ3v) is 6.40. The fourth-order valence-corrected chi connectivity index (χ4v) is 4.32. The average molecular weight is 417 g/mol. The first-order chi connectivity index (χ1) is 12.3. The summed E-state index contributed by atoms with van der Waals surface area (Å²) in [6.45, 7) is 4.05. The quantitative estimate of drug-likeness (QED) is 0.506. The lowest BCUT2D eigenvalue weighted by Gasteiger charge is -2.19. The number of hydrogen-bond donors (Lipinski definition) is 0. The second kappa shape index (κ2) is 8.81. The predicted molar refractivity (Wildman–Crippen MR) is 99.9 cm³/mol. The number of sulfonamides is 1. The van der Waals surface area contributed by atoms with E-state index in [-0.39, 0.29) is 22.1 Å². The number of ether oxygens (including phenoxy) is 1. The molecule has 26 heavy (non-hydrogen) atoms. The van der Waals surface area contributed by atoms with Crippen molar-refractivity contribution in [3.05, 3.63) is 57.8 Å². The molecular weight excluding hydrogens is 399 g/mol. The van der Waals surface area contributed by atoms with Gasteiger partial charge in [0.2, 0.25) is 10.0 Å².